The van der Waals surface area contributed by atoms with E-state index < -0.39 is 0 Å². The van der Waals surface area contributed by atoms with Crippen LogP contribution in [0.5, 0.6) is 0 Å². The van der Waals surface area contributed by atoms with E-state index in [1.165, 1.54) is 0 Å². The molecule has 1 unspecified atom stereocenters. The number of nitrogens with one attached hydrogen (secondary N) is 2. The smallest absolute Gasteiger partial charge is 0.321 e. The Bertz CT molecular complexity index is 441. The molecule has 2 rings (SSSR count). The van der Waals surface area contributed by atoms with Crippen LogP contribution in [-0.2, 0) is 0 Å². The maximum absolute atomic E-state index is 12.2. The lowest BCUT2D eigenvalue weighted by atomic mass is 10.1. The van der Waals surface area contributed by atoms with Crippen molar-refractivity contribution in [3.8, 4) is 0 Å². The van der Waals surface area contributed by atoms with Crippen LogP contribution in [0.15, 0.2) is 24.3 Å². The van der Waals surface area contributed by atoms with Gasteiger partial charge in [0.1, 0.15) is 0 Å². The first-order chi connectivity index (χ1) is 9.72. The highest BCUT2D eigenvalue weighted by Gasteiger charge is 2.19. The molecule has 0 aromatic heterocycles. The summed E-state index contributed by atoms with van der Waals surface area (Å²) < 4.78 is 0. The molecule has 1 heterocycles. The maximum atomic E-state index is 12.2. The molecule has 0 saturated carbocycles. The number of carbonyl (C=O) groups is 1. The van der Waals surface area contributed by atoms with E-state index in [1.807, 2.05) is 23.1 Å². The summed E-state index contributed by atoms with van der Waals surface area (Å²) in [4.78, 5) is 14.1. The lowest BCUT2D eigenvalue weighted by Gasteiger charge is -2.21. The van der Waals surface area contributed by atoms with Crippen molar-refractivity contribution in [3.63, 3.8) is 0 Å². The molecule has 0 bridgehead atoms. The van der Waals surface area contributed by atoms with Gasteiger partial charge in [-0.15, -0.1) is 0 Å². The lowest BCUT2D eigenvalue weighted by Crippen LogP contribution is -2.32. The Morgan fingerprint density at radius 2 is 2.00 bits per heavy atom. The van der Waals surface area contributed by atoms with E-state index in [0.29, 0.717) is 0 Å². The number of hydrogen-bond donors (Lipinski definition) is 2. The van der Waals surface area contributed by atoms with Crippen molar-refractivity contribution < 1.29 is 4.79 Å². The van der Waals surface area contributed by atoms with Gasteiger partial charge in [0.25, 0.3) is 0 Å². The molecule has 1 aromatic carbocycles. The van der Waals surface area contributed by atoms with Crippen LogP contribution >= 0.6 is 0 Å². The number of carbonyl (C=O) groups excluding carboxylic acids is 1. The monoisotopic (exact) mass is 275 g/mol. The second kappa shape index (κ2) is 7.29. The molecule has 1 aromatic rings. The number of likely N-dealkylation sites (tertiary alicyclic amines) is 1. The summed E-state index contributed by atoms with van der Waals surface area (Å²) in [5.74, 6) is 0. The molecule has 1 atom stereocenters. The Morgan fingerprint density at radius 3 is 2.70 bits per heavy atom. The van der Waals surface area contributed by atoms with Crippen LogP contribution in [0.2, 0.25) is 0 Å². The number of urea groups is 1. The van der Waals surface area contributed by atoms with Gasteiger partial charge in [0.2, 0.25) is 0 Å². The van der Waals surface area contributed by atoms with Gasteiger partial charge in [-0.3, -0.25) is 0 Å². The summed E-state index contributed by atoms with van der Waals surface area (Å²) in [6, 6.07) is 8.31. The van der Waals surface area contributed by atoms with Crippen LogP contribution in [0.3, 0.4) is 0 Å². The standard InChI is InChI=1S/C16H25N3O/c1-3-10-17-13(2)14-8-4-5-9-15(14)18-16(20)19-11-6-7-12-19/h4-5,8-9,13,17H,3,6-7,10-12H2,1-2H3,(H,18,20). The Morgan fingerprint density at radius 1 is 1.30 bits per heavy atom. The minimum Gasteiger partial charge on any atom is -0.325 e. The average molecular weight is 275 g/mol. The van der Waals surface area contributed by atoms with E-state index in [0.717, 1.165) is 50.1 Å². The molecule has 1 fully saturated rings. The van der Waals surface area contributed by atoms with E-state index in [9.17, 15) is 4.79 Å². The first kappa shape index (κ1) is 14.9. The van der Waals surface area contributed by atoms with Crippen molar-refractivity contribution in [1.82, 2.24) is 10.2 Å². The summed E-state index contributed by atoms with van der Waals surface area (Å²) in [6.45, 7) is 7.02. The van der Waals surface area contributed by atoms with Crippen molar-refractivity contribution in [2.45, 2.75) is 39.2 Å². The summed E-state index contributed by atoms with van der Waals surface area (Å²) in [5, 5.41) is 6.52. The number of amides is 2. The fraction of sp³-hybridized carbons (Fsp3) is 0.562. The van der Waals surface area contributed by atoms with Gasteiger partial charge in [0.15, 0.2) is 0 Å². The quantitative estimate of drug-likeness (QED) is 0.865. The van der Waals surface area contributed by atoms with Gasteiger partial charge >= 0.3 is 6.03 Å². The Labute approximate surface area is 121 Å². The van der Waals surface area contributed by atoms with Crippen LogP contribution in [0.25, 0.3) is 0 Å². The molecular formula is C16H25N3O. The van der Waals surface area contributed by atoms with Gasteiger partial charge in [0.05, 0.1) is 0 Å². The largest absolute Gasteiger partial charge is 0.325 e. The fourth-order valence-electron chi connectivity index (χ4n) is 2.57. The van der Waals surface area contributed by atoms with E-state index in [4.69, 9.17) is 0 Å². The van der Waals surface area contributed by atoms with Gasteiger partial charge in [-0.05, 0) is 44.4 Å². The van der Waals surface area contributed by atoms with Gasteiger partial charge in [-0.2, -0.15) is 0 Å². The van der Waals surface area contributed by atoms with Crippen LogP contribution in [-0.4, -0.2) is 30.6 Å². The normalized spacial score (nSPS) is 16.2. The number of hydrogen-bond acceptors (Lipinski definition) is 2. The number of benzene rings is 1. The zero-order valence-corrected chi connectivity index (χ0v) is 12.5. The highest BCUT2D eigenvalue weighted by atomic mass is 16.2. The maximum Gasteiger partial charge on any atom is 0.321 e. The molecule has 0 aliphatic carbocycles. The fourth-order valence-corrected chi connectivity index (χ4v) is 2.57. The summed E-state index contributed by atoms with van der Waals surface area (Å²) in [5.41, 5.74) is 2.06. The zero-order chi connectivity index (χ0) is 14.4. The topological polar surface area (TPSA) is 44.4 Å². The summed E-state index contributed by atoms with van der Waals surface area (Å²) in [7, 11) is 0. The predicted molar refractivity (Wildman–Crippen MR) is 83.0 cm³/mol. The highest BCUT2D eigenvalue weighted by molar-refractivity contribution is 5.90. The highest BCUT2D eigenvalue weighted by Crippen LogP contribution is 2.23. The van der Waals surface area contributed by atoms with Gasteiger partial charge < -0.3 is 15.5 Å². The molecule has 2 amide bonds. The van der Waals surface area contributed by atoms with Gasteiger partial charge in [0, 0.05) is 24.8 Å². The zero-order valence-electron chi connectivity index (χ0n) is 12.5. The third kappa shape index (κ3) is 3.73. The van der Waals surface area contributed by atoms with Gasteiger partial charge in [-0.25, -0.2) is 4.79 Å². The first-order valence-corrected chi connectivity index (χ1v) is 7.60. The molecule has 1 aliphatic heterocycles. The van der Waals surface area contributed by atoms with Crippen LogP contribution < -0.4 is 10.6 Å². The molecule has 4 nitrogen and oxygen atoms in total. The third-order valence-corrected chi connectivity index (χ3v) is 3.76. The average Bonchev–Trinajstić information content (AvgIpc) is 2.99. The van der Waals surface area contributed by atoms with E-state index in [-0.39, 0.29) is 12.1 Å². The molecule has 0 spiro atoms. The molecule has 2 N–H and O–H groups in total. The second-order valence-corrected chi connectivity index (χ2v) is 5.39. The molecule has 4 heteroatoms. The molecule has 110 valence electrons. The number of anilines is 1. The van der Waals surface area contributed by atoms with Crippen molar-refractivity contribution >= 4 is 11.7 Å². The first-order valence-electron chi connectivity index (χ1n) is 7.60. The molecular weight excluding hydrogens is 250 g/mol. The van der Waals surface area contributed by atoms with Crippen molar-refractivity contribution in [3.05, 3.63) is 29.8 Å². The van der Waals surface area contributed by atoms with E-state index in [1.54, 1.807) is 0 Å². The number of rotatable bonds is 5. The van der Waals surface area contributed by atoms with Crippen LogP contribution in [0.1, 0.15) is 44.7 Å². The Hall–Kier alpha value is -1.55. The van der Waals surface area contributed by atoms with Crippen LogP contribution in [0.4, 0.5) is 10.5 Å². The lowest BCUT2D eigenvalue weighted by molar-refractivity contribution is 0.222. The van der Waals surface area contributed by atoms with Crippen LogP contribution in [0, 0.1) is 0 Å². The SMILES string of the molecule is CCCNC(C)c1ccccc1NC(=O)N1CCCC1. The predicted octanol–water partition coefficient (Wildman–Crippen LogP) is 3.37. The number of para-hydroxylation sites is 1. The van der Waals surface area contributed by atoms with Crippen molar-refractivity contribution in [2.24, 2.45) is 0 Å². The molecule has 1 aliphatic rings. The van der Waals surface area contributed by atoms with E-state index in [2.05, 4.69) is 30.5 Å². The minimum absolute atomic E-state index is 0.0256. The molecule has 20 heavy (non-hydrogen) atoms. The van der Waals surface area contributed by atoms with E-state index >= 15 is 0 Å². The minimum atomic E-state index is 0.0256. The third-order valence-electron chi connectivity index (χ3n) is 3.76. The summed E-state index contributed by atoms with van der Waals surface area (Å²) in [6.07, 6.45) is 3.33. The Kier molecular flexibility index (Phi) is 5.41. The second-order valence-electron chi connectivity index (χ2n) is 5.39. The molecule has 1 saturated heterocycles. The molecule has 0 radical (unpaired) electrons. The van der Waals surface area contributed by atoms with Crippen molar-refractivity contribution in [1.29, 1.82) is 0 Å². The van der Waals surface area contributed by atoms with Gasteiger partial charge in [-0.1, -0.05) is 25.1 Å². The number of nitrogens with zero attached hydrogens (tertiary/aromatic N) is 1. The Balaban J connectivity index is 2.04. The summed E-state index contributed by atoms with van der Waals surface area (Å²) >= 11 is 0. The van der Waals surface area contributed by atoms with Crippen molar-refractivity contribution in [2.75, 3.05) is 25.0 Å².